The van der Waals surface area contributed by atoms with Gasteiger partial charge in [0.1, 0.15) is 5.00 Å². The summed E-state index contributed by atoms with van der Waals surface area (Å²) in [5, 5.41) is 12.3. The van der Waals surface area contributed by atoms with Crippen LogP contribution in [0.1, 0.15) is 20.8 Å². The zero-order chi connectivity index (χ0) is 15.6. The lowest BCUT2D eigenvalue weighted by atomic mass is 10.1. The highest BCUT2D eigenvalue weighted by Crippen LogP contribution is 2.32. The van der Waals surface area contributed by atoms with Crippen LogP contribution in [0.25, 0.3) is 0 Å². The van der Waals surface area contributed by atoms with E-state index in [1.807, 2.05) is 37.3 Å². The summed E-state index contributed by atoms with van der Waals surface area (Å²) in [4.78, 5) is 25.9. The number of benzene rings is 1. The number of rotatable bonds is 3. The van der Waals surface area contributed by atoms with E-state index in [9.17, 15) is 14.7 Å². The molecule has 1 aromatic carbocycles. The third-order valence-corrected chi connectivity index (χ3v) is 4.39. The fourth-order valence-corrected chi connectivity index (χ4v) is 2.96. The topological polar surface area (TPSA) is 69.6 Å². The van der Waals surface area contributed by atoms with Crippen LogP contribution in [-0.4, -0.2) is 24.2 Å². The van der Waals surface area contributed by atoms with E-state index in [0.29, 0.717) is 10.6 Å². The van der Waals surface area contributed by atoms with Gasteiger partial charge < -0.3 is 5.11 Å². The van der Waals surface area contributed by atoms with E-state index in [0.717, 1.165) is 10.6 Å². The fourth-order valence-electron chi connectivity index (χ4n) is 1.92. The van der Waals surface area contributed by atoms with Crippen molar-refractivity contribution in [3.05, 3.63) is 46.3 Å². The van der Waals surface area contributed by atoms with Crippen molar-refractivity contribution < 1.29 is 14.7 Å². The Kier molecular flexibility index (Phi) is 4.28. The minimum Gasteiger partial charge on any atom is -0.478 e. The molecule has 0 aliphatic carbocycles. The smallest absolute Gasteiger partial charge is 0.338 e. The van der Waals surface area contributed by atoms with E-state index in [4.69, 9.17) is 0 Å². The zero-order valence-electron chi connectivity index (χ0n) is 12.0. The number of carbonyl (C=O) groups excluding carboxylic acids is 1. The molecule has 0 saturated heterocycles. The SMILES string of the molecule is Cc1sc(NC(=O)N(C)c2ccccc2)c(C(=O)O)c1C. The van der Waals surface area contributed by atoms with Gasteiger partial charge in [0.25, 0.3) is 0 Å². The molecule has 1 aromatic heterocycles. The second-order valence-corrected chi connectivity index (χ2v) is 5.84. The fraction of sp³-hybridized carbons (Fsp3) is 0.200. The Morgan fingerprint density at radius 1 is 1.19 bits per heavy atom. The van der Waals surface area contributed by atoms with Crippen molar-refractivity contribution in [3.63, 3.8) is 0 Å². The molecule has 0 atom stereocenters. The summed E-state index contributed by atoms with van der Waals surface area (Å²) in [5.74, 6) is -1.03. The molecule has 6 heteroatoms. The number of para-hydroxylation sites is 1. The van der Waals surface area contributed by atoms with Crippen molar-refractivity contribution in [1.82, 2.24) is 0 Å². The predicted octanol–water partition coefficient (Wildman–Crippen LogP) is 3.73. The Morgan fingerprint density at radius 3 is 2.38 bits per heavy atom. The van der Waals surface area contributed by atoms with Crippen LogP contribution in [0.3, 0.4) is 0 Å². The molecule has 0 aliphatic heterocycles. The number of amides is 2. The number of hydrogen-bond donors (Lipinski definition) is 2. The third kappa shape index (κ3) is 3.05. The normalized spacial score (nSPS) is 10.2. The molecule has 0 unspecified atom stereocenters. The Labute approximate surface area is 126 Å². The van der Waals surface area contributed by atoms with E-state index in [1.165, 1.54) is 16.2 Å². The largest absolute Gasteiger partial charge is 0.478 e. The maximum Gasteiger partial charge on any atom is 0.338 e. The quantitative estimate of drug-likeness (QED) is 0.907. The molecule has 2 amide bonds. The van der Waals surface area contributed by atoms with Crippen LogP contribution < -0.4 is 10.2 Å². The summed E-state index contributed by atoms with van der Waals surface area (Å²) < 4.78 is 0. The number of urea groups is 1. The van der Waals surface area contributed by atoms with Gasteiger partial charge in [-0.15, -0.1) is 11.3 Å². The average Bonchev–Trinajstić information content (AvgIpc) is 2.73. The first kappa shape index (κ1) is 15.1. The van der Waals surface area contributed by atoms with E-state index in [-0.39, 0.29) is 11.6 Å². The maximum atomic E-state index is 12.2. The lowest BCUT2D eigenvalue weighted by Gasteiger charge is -2.17. The highest BCUT2D eigenvalue weighted by Gasteiger charge is 2.21. The Hall–Kier alpha value is -2.34. The van der Waals surface area contributed by atoms with Gasteiger partial charge in [0.2, 0.25) is 0 Å². The van der Waals surface area contributed by atoms with Crippen LogP contribution >= 0.6 is 11.3 Å². The molecule has 0 radical (unpaired) electrons. The summed E-state index contributed by atoms with van der Waals surface area (Å²) in [7, 11) is 1.64. The van der Waals surface area contributed by atoms with E-state index in [2.05, 4.69) is 5.32 Å². The van der Waals surface area contributed by atoms with Crippen molar-refractivity contribution in [2.24, 2.45) is 0 Å². The molecule has 2 aromatic rings. The Balaban J connectivity index is 2.24. The molecule has 2 N–H and O–H groups in total. The van der Waals surface area contributed by atoms with Gasteiger partial charge in [0, 0.05) is 17.6 Å². The molecule has 0 aliphatic rings. The number of aromatic carboxylic acids is 1. The number of nitrogens with zero attached hydrogens (tertiary/aromatic N) is 1. The number of carbonyl (C=O) groups is 2. The highest BCUT2D eigenvalue weighted by molar-refractivity contribution is 7.16. The number of carboxylic acid groups (broad SMARTS) is 1. The van der Waals surface area contributed by atoms with Crippen LogP contribution in [-0.2, 0) is 0 Å². The molecule has 0 fully saturated rings. The third-order valence-electron chi connectivity index (χ3n) is 3.27. The molecular formula is C15H16N2O3S. The summed E-state index contributed by atoms with van der Waals surface area (Å²) in [6, 6.07) is 8.78. The first-order valence-electron chi connectivity index (χ1n) is 6.35. The highest BCUT2D eigenvalue weighted by atomic mass is 32.1. The van der Waals surface area contributed by atoms with Crippen molar-refractivity contribution in [1.29, 1.82) is 0 Å². The number of thiophene rings is 1. The number of anilines is 2. The van der Waals surface area contributed by atoms with Crippen molar-refractivity contribution in [3.8, 4) is 0 Å². The second kappa shape index (κ2) is 5.97. The summed E-state index contributed by atoms with van der Waals surface area (Å²) in [5.41, 5.74) is 1.58. The average molecular weight is 304 g/mol. The van der Waals surface area contributed by atoms with Gasteiger partial charge >= 0.3 is 12.0 Å². The molecule has 0 bridgehead atoms. The zero-order valence-corrected chi connectivity index (χ0v) is 12.8. The number of hydrogen-bond acceptors (Lipinski definition) is 3. The second-order valence-electron chi connectivity index (χ2n) is 4.62. The summed E-state index contributed by atoms with van der Waals surface area (Å²) in [6.07, 6.45) is 0. The summed E-state index contributed by atoms with van der Waals surface area (Å²) in [6.45, 7) is 3.58. The van der Waals surface area contributed by atoms with Gasteiger partial charge in [-0.1, -0.05) is 18.2 Å². The van der Waals surface area contributed by atoms with Crippen molar-refractivity contribution >= 4 is 34.0 Å². The van der Waals surface area contributed by atoms with Crippen LogP contribution in [0.4, 0.5) is 15.5 Å². The van der Waals surface area contributed by atoms with Crippen molar-refractivity contribution in [2.75, 3.05) is 17.3 Å². The Morgan fingerprint density at radius 2 is 1.81 bits per heavy atom. The summed E-state index contributed by atoms with van der Waals surface area (Å²) >= 11 is 1.27. The van der Waals surface area contributed by atoms with E-state index >= 15 is 0 Å². The number of aryl methyl sites for hydroxylation is 1. The maximum absolute atomic E-state index is 12.2. The van der Waals surface area contributed by atoms with Gasteiger partial charge in [-0.2, -0.15) is 0 Å². The Bertz CT molecular complexity index is 680. The molecule has 0 saturated carbocycles. The predicted molar refractivity (Wildman–Crippen MR) is 84.6 cm³/mol. The molecule has 2 rings (SSSR count). The molecule has 1 heterocycles. The first-order chi connectivity index (χ1) is 9.91. The lowest BCUT2D eigenvalue weighted by molar-refractivity contribution is 0.0697. The van der Waals surface area contributed by atoms with Crippen LogP contribution in [0.2, 0.25) is 0 Å². The van der Waals surface area contributed by atoms with Crippen LogP contribution in [0.5, 0.6) is 0 Å². The van der Waals surface area contributed by atoms with Crippen LogP contribution in [0, 0.1) is 13.8 Å². The standard InChI is InChI=1S/C15H16N2O3S/c1-9-10(2)21-13(12(9)14(18)19)16-15(20)17(3)11-7-5-4-6-8-11/h4-8H,1-3H3,(H,16,20)(H,18,19). The number of nitrogens with one attached hydrogen (secondary N) is 1. The van der Waals surface area contributed by atoms with Gasteiger partial charge in [-0.25, -0.2) is 9.59 Å². The van der Waals surface area contributed by atoms with Crippen molar-refractivity contribution in [2.45, 2.75) is 13.8 Å². The van der Waals surface area contributed by atoms with Gasteiger partial charge in [-0.05, 0) is 31.5 Å². The molecule has 5 nitrogen and oxygen atoms in total. The molecule has 110 valence electrons. The molecular weight excluding hydrogens is 288 g/mol. The van der Waals surface area contributed by atoms with Gasteiger partial charge in [0.05, 0.1) is 5.56 Å². The monoisotopic (exact) mass is 304 g/mol. The molecule has 21 heavy (non-hydrogen) atoms. The van der Waals surface area contributed by atoms with Gasteiger partial charge in [-0.3, -0.25) is 10.2 Å². The first-order valence-corrected chi connectivity index (χ1v) is 7.16. The number of carboxylic acids is 1. The van der Waals surface area contributed by atoms with E-state index in [1.54, 1.807) is 14.0 Å². The molecule has 0 spiro atoms. The van der Waals surface area contributed by atoms with Gasteiger partial charge in [0.15, 0.2) is 0 Å². The lowest BCUT2D eigenvalue weighted by Crippen LogP contribution is -2.31. The minimum absolute atomic E-state index is 0.160. The van der Waals surface area contributed by atoms with E-state index < -0.39 is 5.97 Å². The van der Waals surface area contributed by atoms with Crippen LogP contribution in [0.15, 0.2) is 30.3 Å². The minimum atomic E-state index is -1.03.